The summed E-state index contributed by atoms with van der Waals surface area (Å²) >= 11 is 0. The van der Waals surface area contributed by atoms with Gasteiger partial charge in [0.2, 0.25) is 5.91 Å². The van der Waals surface area contributed by atoms with Crippen molar-refractivity contribution in [3.8, 4) is 0 Å². The van der Waals surface area contributed by atoms with E-state index < -0.39 is 21.9 Å². The molecule has 0 aliphatic carbocycles. The minimum Gasteiger partial charge on any atom is -0.463 e. The number of esters is 1. The van der Waals surface area contributed by atoms with E-state index in [1.807, 2.05) is 11.6 Å². The molecule has 1 rings (SSSR count). The molecule has 0 aromatic heterocycles. The van der Waals surface area contributed by atoms with Gasteiger partial charge in [0.1, 0.15) is 0 Å². The number of ether oxygens (including phenoxy) is 1. The predicted molar refractivity (Wildman–Crippen MR) is 86.1 cm³/mol. The van der Waals surface area contributed by atoms with Gasteiger partial charge in [-0.05, 0) is 38.8 Å². The zero-order valence-corrected chi connectivity index (χ0v) is 14.1. The van der Waals surface area contributed by atoms with Gasteiger partial charge < -0.3 is 4.74 Å². The molecule has 0 unspecified atom stereocenters. The zero-order valence-electron chi connectivity index (χ0n) is 13.2. The summed E-state index contributed by atoms with van der Waals surface area (Å²) in [4.78, 5) is 22.8. The summed E-state index contributed by atoms with van der Waals surface area (Å²) in [5.74, 6) is -1.01. The third-order valence-corrected chi connectivity index (χ3v) is 4.28. The average Bonchev–Trinajstić information content (AvgIpc) is 2.47. The van der Waals surface area contributed by atoms with Crippen LogP contribution in [-0.2, 0) is 24.3 Å². The van der Waals surface area contributed by atoms with Crippen LogP contribution in [0.5, 0.6) is 0 Å². The summed E-state index contributed by atoms with van der Waals surface area (Å²) in [7, 11) is -3.83. The Bertz CT molecular complexity index is 662. The van der Waals surface area contributed by atoms with Crippen LogP contribution in [0.15, 0.2) is 41.3 Å². The van der Waals surface area contributed by atoms with E-state index in [2.05, 4.69) is 0 Å². The Hall–Kier alpha value is -2.15. The number of hydrogen-bond acceptors (Lipinski definition) is 5. The van der Waals surface area contributed by atoms with Crippen molar-refractivity contribution in [1.29, 1.82) is 0 Å². The van der Waals surface area contributed by atoms with Crippen molar-refractivity contribution >= 4 is 21.9 Å². The third kappa shape index (κ3) is 7.10. The molecule has 0 radical (unpaired) electrons. The van der Waals surface area contributed by atoms with Gasteiger partial charge in [-0.2, -0.15) is 0 Å². The highest BCUT2D eigenvalue weighted by molar-refractivity contribution is 7.90. The lowest BCUT2D eigenvalue weighted by Gasteiger charge is -2.06. The molecule has 0 saturated heterocycles. The SMILES string of the molecule is CCOC(=O)/C=C/CCCC(=O)NS(=O)(=O)c1ccc(C)cc1. The van der Waals surface area contributed by atoms with Gasteiger partial charge in [-0.25, -0.2) is 17.9 Å². The first-order valence-corrected chi connectivity index (χ1v) is 8.79. The van der Waals surface area contributed by atoms with E-state index >= 15 is 0 Å². The normalized spacial score (nSPS) is 11.4. The van der Waals surface area contributed by atoms with Gasteiger partial charge in [0.15, 0.2) is 0 Å². The van der Waals surface area contributed by atoms with Crippen molar-refractivity contribution in [3.05, 3.63) is 42.0 Å². The van der Waals surface area contributed by atoms with E-state index in [9.17, 15) is 18.0 Å². The highest BCUT2D eigenvalue weighted by Gasteiger charge is 2.16. The van der Waals surface area contributed by atoms with Crippen LogP contribution in [0.1, 0.15) is 31.7 Å². The van der Waals surface area contributed by atoms with E-state index in [0.29, 0.717) is 19.4 Å². The Kier molecular flexibility index (Phi) is 7.47. The number of carbonyl (C=O) groups excluding carboxylic acids is 2. The maximum Gasteiger partial charge on any atom is 0.330 e. The number of unbranched alkanes of at least 4 members (excludes halogenated alkanes) is 1. The van der Waals surface area contributed by atoms with Crippen LogP contribution in [0.3, 0.4) is 0 Å². The molecule has 1 N–H and O–H groups in total. The highest BCUT2D eigenvalue weighted by Crippen LogP contribution is 2.10. The minimum atomic E-state index is -3.83. The Morgan fingerprint density at radius 1 is 1.22 bits per heavy atom. The van der Waals surface area contributed by atoms with Crippen LogP contribution in [0.25, 0.3) is 0 Å². The van der Waals surface area contributed by atoms with Crippen LogP contribution in [-0.4, -0.2) is 26.9 Å². The van der Waals surface area contributed by atoms with Crippen molar-refractivity contribution in [1.82, 2.24) is 4.72 Å². The van der Waals surface area contributed by atoms with Crippen molar-refractivity contribution in [2.24, 2.45) is 0 Å². The molecule has 0 fully saturated rings. The third-order valence-electron chi connectivity index (χ3n) is 2.89. The standard InChI is InChI=1S/C16H21NO5S/c1-3-22-16(19)8-6-4-5-7-15(18)17-23(20,21)14-11-9-13(2)10-12-14/h6,8-12H,3-5,7H2,1-2H3,(H,17,18)/b8-6+. The molecule has 7 heteroatoms. The van der Waals surface area contributed by atoms with E-state index in [0.717, 1.165) is 5.56 Å². The molecule has 0 saturated carbocycles. The van der Waals surface area contributed by atoms with E-state index in [1.165, 1.54) is 18.2 Å². The number of allylic oxidation sites excluding steroid dienone is 1. The van der Waals surface area contributed by atoms with Gasteiger partial charge in [-0.3, -0.25) is 4.79 Å². The van der Waals surface area contributed by atoms with E-state index in [-0.39, 0.29) is 11.3 Å². The molecule has 1 aromatic carbocycles. The van der Waals surface area contributed by atoms with Crippen LogP contribution in [0.2, 0.25) is 0 Å². The van der Waals surface area contributed by atoms with E-state index in [4.69, 9.17) is 4.74 Å². The van der Waals surface area contributed by atoms with Crippen molar-refractivity contribution in [2.75, 3.05) is 6.61 Å². The first-order valence-electron chi connectivity index (χ1n) is 7.30. The van der Waals surface area contributed by atoms with Crippen LogP contribution in [0.4, 0.5) is 0 Å². The molecule has 0 spiro atoms. The smallest absolute Gasteiger partial charge is 0.330 e. The van der Waals surface area contributed by atoms with Crippen LogP contribution < -0.4 is 4.72 Å². The second kappa shape index (κ2) is 9.09. The van der Waals surface area contributed by atoms with Crippen LogP contribution in [0, 0.1) is 6.92 Å². The average molecular weight is 339 g/mol. The maximum absolute atomic E-state index is 12.0. The summed E-state index contributed by atoms with van der Waals surface area (Å²) in [6, 6.07) is 6.23. The lowest BCUT2D eigenvalue weighted by molar-refractivity contribution is -0.137. The maximum atomic E-state index is 12.0. The Labute approximate surface area is 136 Å². The van der Waals surface area contributed by atoms with Crippen molar-refractivity contribution < 1.29 is 22.7 Å². The number of amides is 1. The Morgan fingerprint density at radius 2 is 1.87 bits per heavy atom. The predicted octanol–water partition coefficient (Wildman–Crippen LogP) is 2.09. The molecular weight excluding hydrogens is 318 g/mol. The number of rotatable bonds is 8. The summed E-state index contributed by atoms with van der Waals surface area (Å²) in [5.41, 5.74) is 0.934. The molecular formula is C16H21NO5S. The van der Waals surface area contributed by atoms with E-state index in [1.54, 1.807) is 25.1 Å². The molecule has 0 atom stereocenters. The van der Waals surface area contributed by atoms with Gasteiger partial charge in [-0.15, -0.1) is 0 Å². The first-order chi connectivity index (χ1) is 10.8. The number of nitrogens with one attached hydrogen (secondary N) is 1. The quantitative estimate of drug-likeness (QED) is 0.445. The second-order valence-electron chi connectivity index (χ2n) is 4.89. The fourth-order valence-electron chi connectivity index (χ4n) is 1.73. The van der Waals surface area contributed by atoms with Crippen molar-refractivity contribution in [2.45, 2.75) is 38.0 Å². The largest absolute Gasteiger partial charge is 0.463 e. The van der Waals surface area contributed by atoms with Gasteiger partial charge in [-0.1, -0.05) is 23.8 Å². The number of aryl methyl sites for hydroxylation is 1. The number of carbonyl (C=O) groups is 2. The lowest BCUT2D eigenvalue weighted by Crippen LogP contribution is -2.30. The molecule has 0 aliphatic rings. The fraction of sp³-hybridized carbons (Fsp3) is 0.375. The van der Waals surface area contributed by atoms with Gasteiger partial charge >= 0.3 is 5.97 Å². The van der Waals surface area contributed by atoms with Crippen molar-refractivity contribution in [3.63, 3.8) is 0 Å². The zero-order chi connectivity index (χ0) is 17.3. The number of benzene rings is 1. The lowest BCUT2D eigenvalue weighted by atomic mass is 10.2. The first kappa shape index (κ1) is 18.9. The minimum absolute atomic E-state index is 0.0538. The molecule has 0 bridgehead atoms. The molecule has 0 heterocycles. The topological polar surface area (TPSA) is 89.5 Å². The van der Waals surface area contributed by atoms with Crippen LogP contribution >= 0.6 is 0 Å². The second-order valence-corrected chi connectivity index (χ2v) is 6.57. The molecule has 23 heavy (non-hydrogen) atoms. The van der Waals surface area contributed by atoms with Gasteiger partial charge in [0.05, 0.1) is 11.5 Å². The Morgan fingerprint density at radius 3 is 2.48 bits per heavy atom. The summed E-state index contributed by atoms with van der Waals surface area (Å²) in [6.45, 7) is 3.87. The number of sulfonamides is 1. The summed E-state index contributed by atoms with van der Waals surface area (Å²) < 4.78 is 30.7. The Balaban J connectivity index is 2.41. The monoisotopic (exact) mass is 339 g/mol. The molecule has 0 aliphatic heterocycles. The summed E-state index contributed by atoms with van der Waals surface area (Å²) in [5, 5.41) is 0. The molecule has 1 amide bonds. The summed E-state index contributed by atoms with van der Waals surface area (Å²) in [6.07, 6.45) is 3.87. The fourth-order valence-corrected chi connectivity index (χ4v) is 2.74. The number of hydrogen-bond donors (Lipinski definition) is 1. The van der Waals surface area contributed by atoms with Gasteiger partial charge in [0, 0.05) is 12.5 Å². The molecule has 1 aromatic rings. The highest BCUT2D eigenvalue weighted by atomic mass is 32.2. The van der Waals surface area contributed by atoms with Gasteiger partial charge in [0.25, 0.3) is 10.0 Å². The molecule has 126 valence electrons. The molecule has 6 nitrogen and oxygen atoms in total.